The van der Waals surface area contributed by atoms with E-state index in [0.29, 0.717) is 13.0 Å². The largest absolute Gasteiger partial charge is 0.468 e. The summed E-state index contributed by atoms with van der Waals surface area (Å²) in [4.78, 5) is 16.0. The molecule has 1 aromatic heterocycles. The molecule has 2 atom stereocenters. The predicted octanol–water partition coefficient (Wildman–Crippen LogP) is 3.06. The van der Waals surface area contributed by atoms with Crippen LogP contribution in [0.15, 0.2) is 42.6 Å². The fourth-order valence-electron chi connectivity index (χ4n) is 3.16. The molecule has 2 heterocycles. The van der Waals surface area contributed by atoms with Gasteiger partial charge in [-0.25, -0.2) is 4.98 Å². The number of rotatable bonds is 7. The number of fused-ring (bicyclic) bond motifs is 1. The van der Waals surface area contributed by atoms with Gasteiger partial charge in [0.25, 0.3) is 0 Å². The molecular weight excluding hydrogens is 373 g/mol. The molecule has 1 aromatic carbocycles. The van der Waals surface area contributed by atoms with Crippen molar-refractivity contribution >= 4 is 5.78 Å². The number of aliphatic hydroxyl groups excluding tert-OH is 1. The minimum Gasteiger partial charge on any atom is -0.468 e. The third-order valence-electron chi connectivity index (χ3n) is 4.69. The maximum Gasteiger partial charge on any atom is 0.422 e. The zero-order chi connectivity index (χ0) is 20.1. The van der Waals surface area contributed by atoms with Crippen LogP contribution >= 0.6 is 0 Å². The van der Waals surface area contributed by atoms with Crippen LogP contribution in [0.4, 0.5) is 13.2 Å². The van der Waals surface area contributed by atoms with Gasteiger partial charge in [0, 0.05) is 36.8 Å². The topological polar surface area (TPSA) is 71.5 Å². The normalized spacial score (nSPS) is 17.6. The summed E-state index contributed by atoms with van der Waals surface area (Å²) in [6.07, 6.45) is -2.84. The number of aromatic nitrogens is 1. The number of carbonyl (C=O) groups is 1. The summed E-state index contributed by atoms with van der Waals surface area (Å²) in [5, 5.41) is 13.7. The van der Waals surface area contributed by atoms with Crippen LogP contribution in [0.25, 0.3) is 0 Å². The maximum atomic E-state index is 12.3. The van der Waals surface area contributed by atoms with Gasteiger partial charge in [-0.2, -0.15) is 13.2 Å². The Morgan fingerprint density at radius 1 is 1.25 bits per heavy atom. The molecule has 2 aromatic rings. The second-order valence-electron chi connectivity index (χ2n) is 6.78. The number of nitrogens with one attached hydrogen (secondary N) is 1. The molecule has 2 N–H and O–H groups in total. The van der Waals surface area contributed by atoms with Gasteiger partial charge in [0.1, 0.15) is 0 Å². The molecule has 5 nitrogen and oxygen atoms in total. The number of pyridine rings is 1. The second kappa shape index (κ2) is 8.70. The average molecular weight is 394 g/mol. The van der Waals surface area contributed by atoms with Crippen molar-refractivity contribution in [2.45, 2.75) is 44.1 Å². The summed E-state index contributed by atoms with van der Waals surface area (Å²) >= 11 is 0. The molecule has 0 amide bonds. The minimum absolute atomic E-state index is 0.116. The number of ether oxygens (including phenoxy) is 1. The van der Waals surface area contributed by atoms with E-state index in [0.717, 1.165) is 0 Å². The number of alkyl halides is 3. The quantitative estimate of drug-likeness (QED) is 0.707. The fourth-order valence-corrected chi connectivity index (χ4v) is 3.16. The first-order chi connectivity index (χ1) is 13.3. The van der Waals surface area contributed by atoms with Crippen LogP contribution in [0, 0.1) is 0 Å². The Labute approximate surface area is 160 Å². The van der Waals surface area contributed by atoms with Gasteiger partial charge in [0.05, 0.1) is 6.10 Å². The van der Waals surface area contributed by atoms with E-state index in [1.807, 2.05) is 24.3 Å². The lowest BCUT2D eigenvalue weighted by atomic mass is 9.91. The Morgan fingerprint density at radius 2 is 2.00 bits per heavy atom. The molecule has 1 aliphatic heterocycles. The number of aliphatic hydroxyl groups is 1. The van der Waals surface area contributed by atoms with E-state index in [9.17, 15) is 23.1 Å². The van der Waals surface area contributed by atoms with Gasteiger partial charge in [-0.1, -0.05) is 24.3 Å². The minimum atomic E-state index is -4.44. The molecule has 0 aliphatic carbocycles. The Kier molecular flexibility index (Phi) is 6.31. The van der Waals surface area contributed by atoms with Crippen molar-refractivity contribution in [3.05, 3.63) is 59.3 Å². The second-order valence-corrected chi connectivity index (χ2v) is 6.78. The molecule has 0 spiro atoms. The molecule has 0 radical (unpaired) electrons. The highest BCUT2D eigenvalue weighted by atomic mass is 19.4. The van der Waals surface area contributed by atoms with Crippen molar-refractivity contribution in [3.8, 4) is 5.88 Å². The Bertz CT molecular complexity index is 809. The third kappa shape index (κ3) is 5.53. The molecule has 1 aliphatic rings. The molecule has 0 fully saturated rings. The SMILES string of the molecule is O=C(CC[C@@H](O)[C@@H]1Cc2ccccc2CN1)c1ccc(OCC(F)(F)F)nc1. The fraction of sp³-hybridized carbons (Fsp3) is 0.400. The summed E-state index contributed by atoms with van der Waals surface area (Å²) in [7, 11) is 0. The third-order valence-corrected chi connectivity index (χ3v) is 4.69. The summed E-state index contributed by atoms with van der Waals surface area (Å²) in [5.74, 6) is -0.427. The molecule has 0 unspecified atom stereocenters. The molecule has 150 valence electrons. The first-order valence-electron chi connectivity index (χ1n) is 8.99. The van der Waals surface area contributed by atoms with Crippen LogP contribution in [0.1, 0.15) is 34.3 Å². The van der Waals surface area contributed by atoms with Crippen LogP contribution in [-0.4, -0.2) is 40.8 Å². The van der Waals surface area contributed by atoms with Gasteiger partial charge in [-0.15, -0.1) is 0 Å². The maximum absolute atomic E-state index is 12.3. The number of benzene rings is 1. The van der Waals surface area contributed by atoms with Gasteiger partial charge < -0.3 is 15.2 Å². The zero-order valence-corrected chi connectivity index (χ0v) is 15.1. The van der Waals surface area contributed by atoms with Gasteiger partial charge in [0.2, 0.25) is 5.88 Å². The lowest BCUT2D eigenvalue weighted by Crippen LogP contribution is -2.44. The van der Waals surface area contributed by atoms with E-state index in [1.165, 1.54) is 29.5 Å². The van der Waals surface area contributed by atoms with Gasteiger partial charge >= 0.3 is 6.18 Å². The summed E-state index contributed by atoms with van der Waals surface area (Å²) in [6.45, 7) is -0.758. The number of hydrogen-bond donors (Lipinski definition) is 2. The first kappa shape index (κ1) is 20.3. The number of ketones is 1. The Balaban J connectivity index is 1.48. The number of hydrogen-bond acceptors (Lipinski definition) is 5. The van der Waals surface area contributed by atoms with Crippen molar-refractivity contribution in [1.82, 2.24) is 10.3 Å². The number of halogens is 3. The summed E-state index contributed by atoms with van der Waals surface area (Å²) in [6, 6.07) is 10.5. The molecule has 3 rings (SSSR count). The first-order valence-corrected chi connectivity index (χ1v) is 8.99. The molecular formula is C20H21F3N2O3. The van der Waals surface area contributed by atoms with Crippen molar-refractivity contribution in [3.63, 3.8) is 0 Å². The molecule has 28 heavy (non-hydrogen) atoms. The van der Waals surface area contributed by atoms with Crippen molar-refractivity contribution in [2.24, 2.45) is 0 Å². The van der Waals surface area contributed by atoms with Crippen LogP contribution < -0.4 is 10.1 Å². The van der Waals surface area contributed by atoms with Crippen LogP contribution in [-0.2, 0) is 13.0 Å². The Morgan fingerprint density at radius 3 is 2.68 bits per heavy atom. The van der Waals surface area contributed by atoms with E-state index in [-0.39, 0.29) is 36.1 Å². The van der Waals surface area contributed by atoms with Crippen LogP contribution in [0.2, 0.25) is 0 Å². The van der Waals surface area contributed by atoms with Crippen molar-refractivity contribution < 1.29 is 27.8 Å². The lowest BCUT2D eigenvalue weighted by Gasteiger charge is -2.29. The molecule has 0 saturated carbocycles. The van der Waals surface area contributed by atoms with E-state index in [2.05, 4.69) is 15.0 Å². The van der Waals surface area contributed by atoms with Crippen molar-refractivity contribution in [1.29, 1.82) is 0 Å². The van der Waals surface area contributed by atoms with E-state index < -0.39 is 18.9 Å². The van der Waals surface area contributed by atoms with E-state index in [1.54, 1.807) is 0 Å². The van der Waals surface area contributed by atoms with Gasteiger partial charge in [0.15, 0.2) is 12.4 Å². The van der Waals surface area contributed by atoms with Crippen molar-refractivity contribution in [2.75, 3.05) is 6.61 Å². The number of nitrogens with zero attached hydrogens (tertiary/aromatic N) is 1. The zero-order valence-electron chi connectivity index (χ0n) is 15.1. The lowest BCUT2D eigenvalue weighted by molar-refractivity contribution is -0.154. The van der Waals surface area contributed by atoms with Gasteiger partial charge in [-0.05, 0) is 30.0 Å². The standard InChI is InChI=1S/C20H21F3N2O3/c21-20(22,23)12-28-19-8-5-15(11-25-19)17(26)6-7-18(27)16-9-13-3-1-2-4-14(13)10-24-16/h1-5,8,11,16,18,24,27H,6-7,9-10,12H2/t16-,18+/m0/s1. The highest BCUT2D eigenvalue weighted by Crippen LogP contribution is 2.21. The number of carbonyl (C=O) groups excluding carboxylic acids is 1. The van der Waals surface area contributed by atoms with E-state index in [4.69, 9.17) is 0 Å². The molecule has 8 heteroatoms. The summed E-state index contributed by atoms with van der Waals surface area (Å²) in [5.41, 5.74) is 2.67. The van der Waals surface area contributed by atoms with Crippen LogP contribution in [0.5, 0.6) is 5.88 Å². The average Bonchev–Trinajstić information content (AvgIpc) is 2.69. The summed E-state index contributed by atoms with van der Waals surface area (Å²) < 4.78 is 40.9. The van der Waals surface area contributed by atoms with E-state index >= 15 is 0 Å². The Hall–Kier alpha value is -2.45. The van der Waals surface area contributed by atoms with Crippen LogP contribution in [0.3, 0.4) is 0 Å². The van der Waals surface area contributed by atoms with Gasteiger partial charge in [-0.3, -0.25) is 4.79 Å². The predicted molar refractivity (Wildman–Crippen MR) is 96.1 cm³/mol. The molecule has 0 saturated heterocycles. The number of Topliss-reactive ketones (excluding diaryl/α,β-unsaturated/α-hetero) is 1. The highest BCUT2D eigenvalue weighted by Gasteiger charge is 2.28. The monoisotopic (exact) mass is 394 g/mol. The smallest absolute Gasteiger partial charge is 0.422 e. The highest BCUT2D eigenvalue weighted by molar-refractivity contribution is 5.95. The molecule has 0 bridgehead atoms.